The number of benzene rings is 2. The smallest absolute Gasteiger partial charge is 0.341 e. The molecular formula is C17H15Cl2NO4. The molecule has 0 heterocycles. The zero-order valence-corrected chi connectivity index (χ0v) is 14.6. The van der Waals surface area contributed by atoms with Gasteiger partial charge in [-0.15, -0.1) is 0 Å². The summed E-state index contributed by atoms with van der Waals surface area (Å²) in [5, 5.41) is 3.50. The third-order valence-corrected chi connectivity index (χ3v) is 3.68. The lowest BCUT2D eigenvalue weighted by Crippen LogP contribution is -2.23. The van der Waals surface area contributed by atoms with Gasteiger partial charge in [0.2, 0.25) is 0 Å². The lowest BCUT2D eigenvalue weighted by atomic mass is 10.1. The molecule has 1 amide bonds. The van der Waals surface area contributed by atoms with Crippen LogP contribution in [0.4, 0.5) is 0 Å². The van der Waals surface area contributed by atoms with E-state index in [2.05, 4.69) is 5.32 Å². The van der Waals surface area contributed by atoms with Crippen molar-refractivity contribution in [3.63, 3.8) is 0 Å². The van der Waals surface area contributed by atoms with Gasteiger partial charge in [0.15, 0.2) is 0 Å². The summed E-state index contributed by atoms with van der Waals surface area (Å²) in [5.41, 5.74) is 1.37. The van der Waals surface area contributed by atoms with Gasteiger partial charge < -0.3 is 14.8 Å². The fourth-order valence-corrected chi connectivity index (χ4v) is 2.63. The number of carbonyl (C=O) groups excluding carboxylic acids is 2. The zero-order valence-electron chi connectivity index (χ0n) is 13.1. The maximum absolute atomic E-state index is 12.2. The molecule has 0 aromatic heterocycles. The molecular weight excluding hydrogens is 353 g/mol. The van der Waals surface area contributed by atoms with Gasteiger partial charge in [0.25, 0.3) is 5.91 Å². The Labute approximate surface area is 149 Å². The first kappa shape index (κ1) is 18.1. The molecule has 0 aliphatic rings. The first-order valence-corrected chi connectivity index (χ1v) is 7.69. The number of rotatable bonds is 5. The Morgan fingerprint density at radius 1 is 1.04 bits per heavy atom. The molecule has 0 spiro atoms. The van der Waals surface area contributed by atoms with Crippen molar-refractivity contribution in [1.82, 2.24) is 5.32 Å². The van der Waals surface area contributed by atoms with Gasteiger partial charge in [-0.05, 0) is 35.9 Å². The molecule has 0 unspecified atom stereocenters. The molecule has 24 heavy (non-hydrogen) atoms. The Kier molecular flexibility index (Phi) is 6.06. The number of esters is 1. The van der Waals surface area contributed by atoms with E-state index in [0.29, 0.717) is 21.4 Å². The highest BCUT2D eigenvalue weighted by Gasteiger charge is 2.14. The van der Waals surface area contributed by atoms with E-state index in [0.717, 1.165) is 5.56 Å². The van der Waals surface area contributed by atoms with Crippen molar-refractivity contribution in [2.45, 2.75) is 6.54 Å². The van der Waals surface area contributed by atoms with Crippen molar-refractivity contribution >= 4 is 35.1 Å². The summed E-state index contributed by atoms with van der Waals surface area (Å²) in [5.74, 6) is -0.435. The molecule has 0 aliphatic carbocycles. The van der Waals surface area contributed by atoms with Gasteiger partial charge in [0.1, 0.15) is 11.3 Å². The molecule has 0 radical (unpaired) electrons. The summed E-state index contributed by atoms with van der Waals surface area (Å²) >= 11 is 11.8. The molecule has 126 valence electrons. The van der Waals surface area contributed by atoms with Crippen LogP contribution >= 0.6 is 23.2 Å². The number of methoxy groups -OCH3 is 2. The van der Waals surface area contributed by atoms with Crippen LogP contribution in [0.15, 0.2) is 36.4 Å². The Balaban J connectivity index is 2.14. The fourth-order valence-electron chi connectivity index (χ4n) is 2.10. The second-order valence-corrected chi connectivity index (χ2v) is 5.74. The molecule has 5 nitrogen and oxygen atoms in total. The standard InChI is InChI=1S/C17H15Cl2NO4/c1-23-15-4-3-10(5-14(15)17(22)24-2)9-20-16(21)11-6-12(18)8-13(19)7-11/h3-8H,9H2,1-2H3,(H,20,21). The van der Waals surface area contributed by atoms with Gasteiger partial charge in [-0.2, -0.15) is 0 Å². The average molecular weight is 368 g/mol. The first-order chi connectivity index (χ1) is 11.4. The van der Waals surface area contributed by atoms with Crippen LogP contribution in [-0.4, -0.2) is 26.1 Å². The molecule has 2 aromatic carbocycles. The minimum absolute atomic E-state index is 0.219. The van der Waals surface area contributed by atoms with Gasteiger partial charge >= 0.3 is 5.97 Å². The van der Waals surface area contributed by atoms with E-state index in [4.69, 9.17) is 32.7 Å². The second-order valence-electron chi connectivity index (χ2n) is 4.87. The number of carbonyl (C=O) groups is 2. The first-order valence-electron chi connectivity index (χ1n) is 6.94. The van der Waals surface area contributed by atoms with Crippen LogP contribution in [0.2, 0.25) is 10.0 Å². The van der Waals surface area contributed by atoms with Crippen LogP contribution < -0.4 is 10.1 Å². The SMILES string of the molecule is COC(=O)c1cc(CNC(=O)c2cc(Cl)cc(Cl)c2)ccc1OC. The summed E-state index contributed by atoms with van der Waals surface area (Å²) in [6.07, 6.45) is 0. The van der Waals surface area contributed by atoms with Gasteiger partial charge in [-0.25, -0.2) is 4.79 Å². The quantitative estimate of drug-likeness (QED) is 0.817. The Morgan fingerprint density at radius 3 is 2.29 bits per heavy atom. The van der Waals surface area contributed by atoms with Gasteiger partial charge in [-0.1, -0.05) is 29.3 Å². The van der Waals surface area contributed by atoms with Gasteiger partial charge in [0.05, 0.1) is 14.2 Å². The summed E-state index contributed by atoms with van der Waals surface area (Å²) < 4.78 is 9.85. The van der Waals surface area contributed by atoms with E-state index < -0.39 is 5.97 Å². The van der Waals surface area contributed by atoms with Crippen molar-refractivity contribution in [3.8, 4) is 5.75 Å². The van der Waals surface area contributed by atoms with E-state index in [1.54, 1.807) is 24.3 Å². The van der Waals surface area contributed by atoms with Gasteiger partial charge in [-0.3, -0.25) is 4.79 Å². The van der Waals surface area contributed by atoms with Crippen LogP contribution in [0.25, 0.3) is 0 Å². The lowest BCUT2D eigenvalue weighted by Gasteiger charge is -2.10. The predicted molar refractivity (Wildman–Crippen MR) is 92.0 cm³/mol. The molecule has 1 N–H and O–H groups in total. The number of amides is 1. The van der Waals surface area contributed by atoms with Crippen LogP contribution in [0.5, 0.6) is 5.75 Å². The number of halogens is 2. The van der Waals surface area contributed by atoms with E-state index in [1.807, 2.05) is 0 Å². The van der Waals surface area contributed by atoms with Crippen LogP contribution in [0.3, 0.4) is 0 Å². The molecule has 0 aliphatic heterocycles. The zero-order chi connectivity index (χ0) is 17.7. The van der Waals surface area contributed by atoms with Gasteiger partial charge in [0, 0.05) is 22.2 Å². The Morgan fingerprint density at radius 2 is 1.71 bits per heavy atom. The number of ether oxygens (including phenoxy) is 2. The molecule has 0 bridgehead atoms. The van der Waals surface area contributed by atoms with E-state index in [1.165, 1.54) is 26.4 Å². The molecule has 7 heteroatoms. The van der Waals surface area contributed by atoms with Crippen LogP contribution in [0, 0.1) is 0 Å². The summed E-state index contributed by atoms with van der Waals surface area (Å²) in [7, 11) is 2.76. The molecule has 0 saturated carbocycles. The van der Waals surface area contributed by atoms with Crippen molar-refractivity contribution < 1.29 is 19.1 Å². The molecule has 0 atom stereocenters. The molecule has 2 aromatic rings. The normalized spacial score (nSPS) is 10.2. The van der Waals surface area contributed by atoms with Crippen molar-refractivity contribution in [3.05, 3.63) is 63.1 Å². The van der Waals surface area contributed by atoms with Crippen LogP contribution in [0.1, 0.15) is 26.3 Å². The van der Waals surface area contributed by atoms with E-state index >= 15 is 0 Å². The largest absolute Gasteiger partial charge is 0.496 e. The third-order valence-electron chi connectivity index (χ3n) is 3.25. The average Bonchev–Trinajstić information content (AvgIpc) is 2.57. The second kappa shape index (κ2) is 8.04. The minimum Gasteiger partial charge on any atom is -0.496 e. The highest BCUT2D eigenvalue weighted by atomic mass is 35.5. The van der Waals surface area contributed by atoms with E-state index in [-0.39, 0.29) is 18.0 Å². The monoisotopic (exact) mass is 367 g/mol. The molecule has 0 saturated heterocycles. The van der Waals surface area contributed by atoms with Crippen molar-refractivity contribution in [2.75, 3.05) is 14.2 Å². The summed E-state index contributed by atoms with van der Waals surface area (Å²) in [6, 6.07) is 9.59. The highest BCUT2D eigenvalue weighted by molar-refractivity contribution is 6.35. The lowest BCUT2D eigenvalue weighted by molar-refractivity contribution is 0.0597. The maximum Gasteiger partial charge on any atom is 0.341 e. The topological polar surface area (TPSA) is 64.6 Å². The van der Waals surface area contributed by atoms with E-state index in [9.17, 15) is 9.59 Å². The predicted octanol–water partition coefficient (Wildman–Crippen LogP) is 3.72. The van der Waals surface area contributed by atoms with Crippen molar-refractivity contribution in [1.29, 1.82) is 0 Å². The number of hydrogen-bond donors (Lipinski definition) is 1. The summed E-state index contributed by atoms with van der Waals surface area (Å²) in [6.45, 7) is 0.219. The fraction of sp³-hybridized carbons (Fsp3) is 0.176. The minimum atomic E-state index is -0.512. The maximum atomic E-state index is 12.2. The molecule has 2 rings (SSSR count). The Bertz CT molecular complexity index is 757. The highest BCUT2D eigenvalue weighted by Crippen LogP contribution is 2.21. The Hall–Kier alpha value is -2.24. The number of hydrogen-bond acceptors (Lipinski definition) is 4. The van der Waals surface area contributed by atoms with Crippen LogP contribution in [-0.2, 0) is 11.3 Å². The summed E-state index contributed by atoms with van der Waals surface area (Å²) in [4.78, 5) is 23.9. The molecule has 0 fully saturated rings. The van der Waals surface area contributed by atoms with Crippen molar-refractivity contribution in [2.24, 2.45) is 0 Å². The third kappa shape index (κ3) is 4.40. The number of nitrogens with one attached hydrogen (secondary N) is 1.